The fraction of sp³-hybridized carbons (Fsp3) is 1.00. The molecule has 0 aliphatic heterocycles. The summed E-state index contributed by atoms with van der Waals surface area (Å²) in [5.74, 6) is 0. The van der Waals surface area contributed by atoms with E-state index in [9.17, 15) is 25.9 Å². The summed E-state index contributed by atoms with van der Waals surface area (Å²) >= 11 is 0. The SMILES string of the molecule is O=S(=O)([O-])C(O)(O)S(=O)(=O)[O-].[Mg+2]. The molecular weight excluding hydrogens is 228 g/mol. The number of aliphatic hydroxyl groups is 2. The topological polar surface area (TPSA) is 155 Å². The van der Waals surface area contributed by atoms with Crippen LogP contribution in [0.5, 0.6) is 0 Å². The summed E-state index contributed by atoms with van der Waals surface area (Å²) in [7, 11) is -12.0. The van der Waals surface area contributed by atoms with Crippen molar-refractivity contribution in [1.29, 1.82) is 0 Å². The fourth-order valence-electron chi connectivity index (χ4n) is 0.125. The Morgan fingerprint density at radius 3 is 1.08 bits per heavy atom. The van der Waals surface area contributed by atoms with Crippen molar-refractivity contribution in [2.75, 3.05) is 0 Å². The van der Waals surface area contributed by atoms with E-state index in [1.807, 2.05) is 0 Å². The number of hydrogen-bond donors (Lipinski definition) is 2. The van der Waals surface area contributed by atoms with Crippen molar-refractivity contribution in [2.45, 2.75) is 4.45 Å². The van der Waals surface area contributed by atoms with Gasteiger partial charge in [0.1, 0.15) is 0 Å². The maximum atomic E-state index is 9.66. The molecule has 8 nitrogen and oxygen atoms in total. The molecule has 0 aromatic rings. The summed E-state index contributed by atoms with van der Waals surface area (Å²) in [6.45, 7) is 0. The van der Waals surface area contributed by atoms with Crippen molar-refractivity contribution in [3.05, 3.63) is 0 Å². The molecular formula is CH2MgO8S2. The van der Waals surface area contributed by atoms with E-state index in [1.54, 1.807) is 0 Å². The molecule has 0 atom stereocenters. The van der Waals surface area contributed by atoms with E-state index in [2.05, 4.69) is 0 Å². The Bertz CT molecular complexity index is 299. The fourth-order valence-corrected chi connectivity index (χ4v) is 1.12. The summed E-state index contributed by atoms with van der Waals surface area (Å²) in [6, 6.07) is 0. The van der Waals surface area contributed by atoms with Gasteiger partial charge >= 0.3 is 27.5 Å². The average Bonchev–Trinajstić information content (AvgIpc) is 1.58. The largest absolute Gasteiger partial charge is 2.00 e. The molecule has 0 bridgehead atoms. The van der Waals surface area contributed by atoms with Crippen LogP contribution in [0.4, 0.5) is 0 Å². The third kappa shape index (κ3) is 2.77. The molecule has 0 amide bonds. The zero-order chi connectivity index (χ0) is 9.50. The van der Waals surface area contributed by atoms with Gasteiger partial charge in [-0.05, 0) is 0 Å². The van der Waals surface area contributed by atoms with E-state index in [0.29, 0.717) is 0 Å². The Hall–Kier alpha value is 0.506. The quantitative estimate of drug-likeness (QED) is 0.279. The predicted octanol–water partition coefficient (Wildman–Crippen LogP) is -3.71. The van der Waals surface area contributed by atoms with Crippen molar-refractivity contribution in [2.24, 2.45) is 0 Å². The van der Waals surface area contributed by atoms with Crippen LogP contribution in [-0.4, -0.2) is 63.7 Å². The zero-order valence-corrected chi connectivity index (χ0v) is 8.41. The van der Waals surface area contributed by atoms with Crippen molar-refractivity contribution < 1.29 is 36.2 Å². The van der Waals surface area contributed by atoms with Crippen molar-refractivity contribution >= 4 is 43.3 Å². The van der Waals surface area contributed by atoms with Gasteiger partial charge in [0.05, 0.1) is 0 Å². The minimum atomic E-state index is -6.00. The zero-order valence-electron chi connectivity index (χ0n) is 5.37. The molecule has 0 spiro atoms. The van der Waals surface area contributed by atoms with Crippen molar-refractivity contribution in [1.82, 2.24) is 0 Å². The van der Waals surface area contributed by atoms with Crippen LogP contribution < -0.4 is 0 Å². The summed E-state index contributed by atoms with van der Waals surface area (Å²) < 4.78 is 53.2. The van der Waals surface area contributed by atoms with Gasteiger partial charge in [-0.15, -0.1) is 0 Å². The Labute approximate surface area is 83.9 Å². The van der Waals surface area contributed by atoms with Crippen molar-refractivity contribution in [3.8, 4) is 0 Å². The number of rotatable bonds is 2. The molecule has 0 heterocycles. The summed E-state index contributed by atoms with van der Waals surface area (Å²) in [5.41, 5.74) is 0. The van der Waals surface area contributed by atoms with Crippen LogP contribution in [0.3, 0.4) is 0 Å². The van der Waals surface area contributed by atoms with Crippen LogP contribution in [0, 0.1) is 0 Å². The van der Waals surface area contributed by atoms with Crippen LogP contribution in [0.1, 0.15) is 0 Å². The summed E-state index contributed by atoms with van der Waals surface area (Å²) in [5, 5.41) is 15.9. The van der Waals surface area contributed by atoms with Gasteiger partial charge in [0.25, 0.3) is 0 Å². The van der Waals surface area contributed by atoms with Crippen LogP contribution in [0.25, 0.3) is 0 Å². The third-order valence-corrected chi connectivity index (χ3v) is 3.18. The Morgan fingerprint density at radius 2 is 1.08 bits per heavy atom. The maximum absolute atomic E-state index is 9.66. The van der Waals surface area contributed by atoms with E-state index in [1.165, 1.54) is 0 Å². The number of hydrogen-bond acceptors (Lipinski definition) is 8. The smallest absolute Gasteiger partial charge is 0.743 e. The van der Waals surface area contributed by atoms with E-state index < -0.39 is 24.7 Å². The first-order chi connectivity index (χ1) is 4.50. The van der Waals surface area contributed by atoms with Gasteiger partial charge in [0.15, 0.2) is 20.2 Å². The van der Waals surface area contributed by atoms with E-state index in [4.69, 9.17) is 10.2 Å². The van der Waals surface area contributed by atoms with Gasteiger partial charge in [-0.25, -0.2) is 16.8 Å². The van der Waals surface area contributed by atoms with Gasteiger partial charge in [0.2, 0.25) is 0 Å². The van der Waals surface area contributed by atoms with Gasteiger partial charge < -0.3 is 19.3 Å². The molecule has 0 aliphatic rings. The van der Waals surface area contributed by atoms with Gasteiger partial charge in [0, 0.05) is 0 Å². The van der Waals surface area contributed by atoms with Crippen LogP contribution >= 0.6 is 0 Å². The second kappa shape index (κ2) is 3.71. The molecule has 12 heavy (non-hydrogen) atoms. The molecule has 0 rings (SSSR count). The van der Waals surface area contributed by atoms with Gasteiger partial charge in [-0.3, -0.25) is 0 Å². The maximum Gasteiger partial charge on any atom is 2.00 e. The van der Waals surface area contributed by atoms with Crippen molar-refractivity contribution in [3.63, 3.8) is 0 Å². The molecule has 0 aromatic heterocycles. The first kappa shape index (κ1) is 15.0. The third-order valence-electron chi connectivity index (χ3n) is 0.651. The molecule has 2 N–H and O–H groups in total. The summed E-state index contributed by atoms with van der Waals surface area (Å²) in [4.78, 5) is 0. The second-order valence-corrected chi connectivity index (χ2v) is 4.67. The average molecular weight is 230 g/mol. The van der Waals surface area contributed by atoms with E-state index in [0.717, 1.165) is 0 Å². The molecule has 0 aliphatic carbocycles. The monoisotopic (exact) mass is 230 g/mol. The molecule has 11 heteroatoms. The van der Waals surface area contributed by atoms with Crippen LogP contribution in [0.15, 0.2) is 0 Å². The molecule has 68 valence electrons. The predicted molar refractivity (Wildman–Crippen MR) is 32.3 cm³/mol. The van der Waals surface area contributed by atoms with Gasteiger partial charge in [-0.2, -0.15) is 0 Å². The van der Waals surface area contributed by atoms with Crippen LogP contribution in [-0.2, 0) is 20.2 Å². The normalized spacial score (nSPS) is 13.7. The first-order valence-electron chi connectivity index (χ1n) is 1.86. The van der Waals surface area contributed by atoms with E-state index >= 15 is 0 Å². The minimum Gasteiger partial charge on any atom is -0.743 e. The molecule has 0 radical (unpaired) electrons. The minimum absolute atomic E-state index is 0. The second-order valence-electron chi connectivity index (χ2n) is 1.46. The molecule has 0 saturated carbocycles. The molecule has 0 unspecified atom stereocenters. The Balaban J connectivity index is 0. The standard InChI is InChI=1S/CH4O8S2.Mg/c2-1(3,10(4,5)6)11(7,8)9;/h2-3H,(H,4,5,6)(H,7,8,9);/q;+2/p-2. The summed E-state index contributed by atoms with van der Waals surface area (Å²) in [6.07, 6.45) is 0. The Kier molecular flexibility index (Phi) is 4.64. The molecule has 0 fully saturated rings. The Morgan fingerprint density at radius 1 is 0.917 bits per heavy atom. The van der Waals surface area contributed by atoms with Crippen LogP contribution in [0.2, 0.25) is 0 Å². The van der Waals surface area contributed by atoms with E-state index in [-0.39, 0.29) is 23.1 Å². The first-order valence-corrected chi connectivity index (χ1v) is 4.67. The molecule has 0 aromatic carbocycles. The van der Waals surface area contributed by atoms with Gasteiger partial charge in [-0.1, -0.05) is 0 Å². The molecule has 0 saturated heterocycles.